The largest absolute Gasteiger partial charge is 0.360 e. The molecule has 0 spiro atoms. The van der Waals surface area contributed by atoms with Gasteiger partial charge < -0.3 is 14.7 Å². The van der Waals surface area contributed by atoms with E-state index < -0.39 is 6.04 Å². The van der Waals surface area contributed by atoms with Gasteiger partial charge in [0.1, 0.15) is 11.8 Å². The Bertz CT molecular complexity index is 802. The van der Waals surface area contributed by atoms with Crippen molar-refractivity contribution in [3.8, 4) is 0 Å². The fraction of sp³-hybridized carbons (Fsp3) is 0.450. The molecule has 1 aliphatic rings. The number of likely N-dealkylation sites (tertiary alicyclic amines) is 1. The monoisotopic (exact) mass is 355 g/mol. The molecule has 1 fully saturated rings. The minimum atomic E-state index is -0.484. The van der Waals surface area contributed by atoms with Crippen molar-refractivity contribution in [2.24, 2.45) is 0 Å². The number of aromatic nitrogens is 1. The Morgan fingerprint density at radius 3 is 2.50 bits per heavy atom. The summed E-state index contributed by atoms with van der Waals surface area (Å²) < 4.78 is 4.96. The first-order valence-electron chi connectivity index (χ1n) is 8.91. The van der Waals surface area contributed by atoms with Gasteiger partial charge in [-0.2, -0.15) is 0 Å². The average molecular weight is 355 g/mol. The van der Waals surface area contributed by atoms with Crippen molar-refractivity contribution < 1.29 is 14.1 Å². The van der Waals surface area contributed by atoms with Crippen LogP contribution in [0.5, 0.6) is 0 Å². The van der Waals surface area contributed by atoms with Crippen LogP contribution in [0, 0.1) is 6.92 Å². The summed E-state index contributed by atoms with van der Waals surface area (Å²) in [6.07, 6.45) is 1.45. The van der Waals surface area contributed by atoms with Crippen molar-refractivity contribution in [3.05, 3.63) is 47.2 Å². The fourth-order valence-corrected chi connectivity index (χ4v) is 3.20. The Kier molecular flexibility index (Phi) is 4.85. The number of nitrogens with zero attached hydrogens (tertiary/aromatic N) is 2. The van der Waals surface area contributed by atoms with Gasteiger partial charge in [-0.3, -0.25) is 9.59 Å². The molecule has 0 bridgehead atoms. The summed E-state index contributed by atoms with van der Waals surface area (Å²) in [5.74, 6) is 0.662. The van der Waals surface area contributed by atoms with Gasteiger partial charge in [0.25, 0.3) is 5.91 Å². The third-order valence-corrected chi connectivity index (χ3v) is 4.69. The lowest BCUT2D eigenvalue weighted by Crippen LogP contribution is -2.43. The quantitative estimate of drug-likeness (QED) is 0.914. The second-order valence-corrected chi connectivity index (χ2v) is 7.80. The molecule has 0 radical (unpaired) electrons. The van der Waals surface area contributed by atoms with Crippen LogP contribution in [0.25, 0.3) is 0 Å². The molecule has 26 heavy (non-hydrogen) atoms. The maximum Gasteiger partial charge on any atom is 0.254 e. The first kappa shape index (κ1) is 18.2. The van der Waals surface area contributed by atoms with Crippen molar-refractivity contribution in [3.63, 3.8) is 0 Å². The lowest BCUT2D eigenvalue weighted by Gasteiger charge is -2.24. The zero-order valence-corrected chi connectivity index (χ0v) is 15.7. The summed E-state index contributed by atoms with van der Waals surface area (Å²) in [5.41, 5.74) is 1.81. The molecule has 1 aliphatic heterocycles. The van der Waals surface area contributed by atoms with Crippen molar-refractivity contribution in [2.45, 2.75) is 52.0 Å². The topological polar surface area (TPSA) is 75.4 Å². The van der Waals surface area contributed by atoms with Crippen molar-refractivity contribution in [2.75, 3.05) is 11.9 Å². The lowest BCUT2D eigenvalue weighted by molar-refractivity contribution is -0.119. The molecule has 2 aromatic rings. The molecular weight excluding hydrogens is 330 g/mol. The van der Waals surface area contributed by atoms with Crippen molar-refractivity contribution in [1.29, 1.82) is 0 Å². The number of benzene rings is 1. The number of carbonyl (C=O) groups is 2. The Balaban J connectivity index is 1.72. The van der Waals surface area contributed by atoms with E-state index in [4.69, 9.17) is 4.52 Å². The van der Waals surface area contributed by atoms with Gasteiger partial charge in [-0.15, -0.1) is 0 Å². The predicted octanol–water partition coefficient (Wildman–Crippen LogP) is 3.52. The van der Waals surface area contributed by atoms with E-state index >= 15 is 0 Å². The lowest BCUT2D eigenvalue weighted by atomic mass is 9.86. The zero-order valence-electron chi connectivity index (χ0n) is 15.7. The number of carbonyl (C=O) groups excluding carboxylic acids is 2. The van der Waals surface area contributed by atoms with Gasteiger partial charge >= 0.3 is 0 Å². The third kappa shape index (κ3) is 3.79. The summed E-state index contributed by atoms with van der Waals surface area (Å²) in [6.45, 7) is 8.74. The highest BCUT2D eigenvalue weighted by Crippen LogP contribution is 2.25. The van der Waals surface area contributed by atoms with Crippen LogP contribution in [-0.4, -0.2) is 34.5 Å². The second kappa shape index (κ2) is 6.94. The standard InChI is InChI=1S/C20H25N3O3/c1-13-12-17(22-26-13)21-18(24)16-6-5-11-23(16)19(25)14-7-9-15(10-8-14)20(2,3)4/h7-10,12,16H,5-6,11H2,1-4H3,(H,21,22,24)/t16-/m0/s1. The molecule has 0 saturated carbocycles. The van der Waals surface area contributed by atoms with E-state index in [0.29, 0.717) is 30.1 Å². The molecule has 2 heterocycles. The molecule has 0 aliphatic carbocycles. The summed E-state index contributed by atoms with van der Waals surface area (Å²) >= 11 is 0. The molecule has 1 atom stereocenters. The molecule has 3 rings (SSSR count). The van der Waals surface area contributed by atoms with E-state index in [2.05, 4.69) is 31.2 Å². The van der Waals surface area contributed by atoms with Crippen LogP contribution in [0.15, 0.2) is 34.9 Å². The molecule has 6 heteroatoms. The smallest absolute Gasteiger partial charge is 0.254 e. The van der Waals surface area contributed by atoms with Gasteiger partial charge in [0.05, 0.1) is 0 Å². The Morgan fingerprint density at radius 2 is 1.92 bits per heavy atom. The van der Waals surface area contributed by atoms with Crippen LogP contribution in [0.4, 0.5) is 5.82 Å². The first-order valence-corrected chi connectivity index (χ1v) is 8.91. The van der Waals surface area contributed by atoms with E-state index in [0.717, 1.165) is 6.42 Å². The van der Waals surface area contributed by atoms with Crippen LogP contribution in [-0.2, 0) is 10.2 Å². The van der Waals surface area contributed by atoms with Gasteiger partial charge in [-0.25, -0.2) is 0 Å². The van der Waals surface area contributed by atoms with E-state index in [-0.39, 0.29) is 17.2 Å². The maximum absolute atomic E-state index is 12.9. The van der Waals surface area contributed by atoms with E-state index in [9.17, 15) is 9.59 Å². The Morgan fingerprint density at radius 1 is 1.23 bits per heavy atom. The van der Waals surface area contributed by atoms with E-state index in [1.165, 1.54) is 5.56 Å². The van der Waals surface area contributed by atoms with Crippen LogP contribution < -0.4 is 5.32 Å². The number of aryl methyl sites for hydroxylation is 1. The molecule has 1 aromatic carbocycles. The van der Waals surface area contributed by atoms with Gasteiger partial charge in [0.15, 0.2) is 5.82 Å². The molecule has 1 saturated heterocycles. The first-order chi connectivity index (χ1) is 12.3. The Hall–Kier alpha value is -2.63. The summed E-state index contributed by atoms with van der Waals surface area (Å²) in [4.78, 5) is 27.1. The van der Waals surface area contributed by atoms with Crippen LogP contribution >= 0.6 is 0 Å². The highest BCUT2D eigenvalue weighted by Gasteiger charge is 2.35. The second-order valence-electron chi connectivity index (χ2n) is 7.80. The van der Waals surface area contributed by atoms with Gasteiger partial charge in [0, 0.05) is 18.2 Å². The van der Waals surface area contributed by atoms with Crippen molar-refractivity contribution >= 4 is 17.6 Å². The molecule has 138 valence electrons. The minimum absolute atomic E-state index is 0.0351. The number of anilines is 1. The van der Waals surface area contributed by atoms with Gasteiger partial charge in [0.2, 0.25) is 5.91 Å². The average Bonchev–Trinajstić information content (AvgIpc) is 3.22. The van der Waals surface area contributed by atoms with Crippen molar-refractivity contribution in [1.82, 2.24) is 10.1 Å². The predicted molar refractivity (Wildman–Crippen MR) is 99.1 cm³/mol. The minimum Gasteiger partial charge on any atom is -0.360 e. The van der Waals surface area contributed by atoms with Gasteiger partial charge in [-0.05, 0) is 42.9 Å². The highest BCUT2D eigenvalue weighted by atomic mass is 16.5. The molecule has 1 N–H and O–H groups in total. The third-order valence-electron chi connectivity index (χ3n) is 4.69. The highest BCUT2D eigenvalue weighted by molar-refractivity contribution is 6.01. The van der Waals surface area contributed by atoms with Crippen LogP contribution in [0.2, 0.25) is 0 Å². The summed E-state index contributed by atoms with van der Waals surface area (Å²) in [5, 5.41) is 6.51. The normalized spacial score (nSPS) is 17.4. The summed E-state index contributed by atoms with van der Waals surface area (Å²) in [7, 11) is 0. The zero-order chi connectivity index (χ0) is 18.9. The number of nitrogens with one attached hydrogen (secondary N) is 1. The number of amides is 2. The Labute approximate surface area is 153 Å². The van der Waals surface area contributed by atoms with Crippen LogP contribution in [0.3, 0.4) is 0 Å². The molecular formula is C20H25N3O3. The maximum atomic E-state index is 12.9. The van der Waals surface area contributed by atoms with E-state index in [1.807, 2.05) is 24.3 Å². The number of hydrogen-bond acceptors (Lipinski definition) is 4. The fourth-order valence-electron chi connectivity index (χ4n) is 3.20. The van der Waals surface area contributed by atoms with Crippen LogP contribution in [0.1, 0.15) is 55.3 Å². The SMILES string of the molecule is Cc1cc(NC(=O)[C@@H]2CCCN2C(=O)c2ccc(C(C)(C)C)cc2)no1. The van der Waals surface area contributed by atoms with Gasteiger partial charge in [-0.1, -0.05) is 38.1 Å². The number of rotatable bonds is 3. The van der Waals surface area contributed by atoms with E-state index in [1.54, 1.807) is 17.9 Å². The molecule has 1 aromatic heterocycles. The molecule has 2 amide bonds. The summed E-state index contributed by atoms with van der Waals surface area (Å²) in [6, 6.07) is 8.83. The molecule has 6 nitrogen and oxygen atoms in total. The molecule has 0 unspecified atom stereocenters. The number of hydrogen-bond donors (Lipinski definition) is 1.